The molecule has 100 valence electrons. The maximum atomic E-state index is 13.7. The van der Waals surface area contributed by atoms with Crippen molar-refractivity contribution in [2.24, 2.45) is 5.84 Å². The van der Waals surface area contributed by atoms with Gasteiger partial charge in [-0.1, -0.05) is 48.0 Å². The lowest BCUT2D eigenvalue weighted by Crippen LogP contribution is -2.29. The number of hydrazine groups is 1. The average molecular weight is 258 g/mol. The Hall–Kier alpha value is -1.71. The number of aryl methyl sites for hydroxylation is 2. The number of nitrogens with two attached hydrogens (primary N) is 1. The molecule has 19 heavy (non-hydrogen) atoms. The maximum Gasteiger partial charge on any atom is 0.128 e. The predicted octanol–water partition coefficient (Wildman–Crippen LogP) is 3.27. The molecular weight excluding hydrogens is 239 g/mol. The molecule has 0 radical (unpaired) electrons. The Kier molecular flexibility index (Phi) is 4.66. The summed E-state index contributed by atoms with van der Waals surface area (Å²) in [6.45, 7) is 2.07. The molecule has 0 aliphatic heterocycles. The van der Waals surface area contributed by atoms with Gasteiger partial charge in [-0.2, -0.15) is 0 Å². The van der Waals surface area contributed by atoms with E-state index in [-0.39, 0.29) is 11.9 Å². The second kappa shape index (κ2) is 6.45. The largest absolute Gasteiger partial charge is 0.271 e. The van der Waals surface area contributed by atoms with Crippen LogP contribution in [0.3, 0.4) is 0 Å². The number of rotatable bonds is 5. The van der Waals surface area contributed by atoms with Crippen molar-refractivity contribution in [1.29, 1.82) is 0 Å². The molecule has 0 aliphatic rings. The first-order chi connectivity index (χ1) is 9.20. The van der Waals surface area contributed by atoms with Crippen LogP contribution < -0.4 is 11.3 Å². The zero-order valence-electron chi connectivity index (χ0n) is 11.1. The smallest absolute Gasteiger partial charge is 0.128 e. The van der Waals surface area contributed by atoms with Crippen molar-refractivity contribution in [2.75, 3.05) is 0 Å². The molecule has 0 aromatic heterocycles. The van der Waals surface area contributed by atoms with Crippen LogP contribution in [-0.2, 0) is 6.42 Å². The van der Waals surface area contributed by atoms with Crippen LogP contribution in [0, 0.1) is 12.7 Å². The molecule has 0 aliphatic carbocycles. The molecule has 0 spiro atoms. The number of benzene rings is 2. The fraction of sp³-hybridized carbons (Fsp3) is 0.250. The van der Waals surface area contributed by atoms with Gasteiger partial charge in [0.05, 0.1) is 0 Å². The maximum absolute atomic E-state index is 13.7. The van der Waals surface area contributed by atoms with Gasteiger partial charge in [-0.25, -0.2) is 4.39 Å². The summed E-state index contributed by atoms with van der Waals surface area (Å²) >= 11 is 0. The summed E-state index contributed by atoms with van der Waals surface area (Å²) in [5, 5.41) is 0. The third-order valence-electron chi connectivity index (χ3n) is 3.29. The normalized spacial score (nSPS) is 12.4. The molecule has 1 unspecified atom stereocenters. The minimum Gasteiger partial charge on any atom is -0.271 e. The van der Waals surface area contributed by atoms with Crippen molar-refractivity contribution in [3.8, 4) is 0 Å². The van der Waals surface area contributed by atoms with Gasteiger partial charge in [0.15, 0.2) is 0 Å². The van der Waals surface area contributed by atoms with Crippen molar-refractivity contribution in [3.63, 3.8) is 0 Å². The van der Waals surface area contributed by atoms with E-state index in [1.165, 1.54) is 17.2 Å². The zero-order valence-corrected chi connectivity index (χ0v) is 11.1. The Labute approximate surface area is 113 Å². The van der Waals surface area contributed by atoms with Crippen LogP contribution in [0.4, 0.5) is 4.39 Å². The molecule has 2 rings (SSSR count). The third kappa shape index (κ3) is 3.63. The van der Waals surface area contributed by atoms with E-state index in [1.807, 2.05) is 12.1 Å². The number of nitrogens with one attached hydrogen (secondary N) is 1. The molecule has 0 amide bonds. The molecule has 0 heterocycles. The minimum absolute atomic E-state index is 0.165. The second-order valence-electron chi connectivity index (χ2n) is 4.77. The van der Waals surface area contributed by atoms with E-state index in [9.17, 15) is 4.39 Å². The molecule has 2 nitrogen and oxygen atoms in total. The van der Waals surface area contributed by atoms with Gasteiger partial charge in [-0.05, 0) is 31.4 Å². The van der Waals surface area contributed by atoms with Gasteiger partial charge in [0.2, 0.25) is 0 Å². The molecule has 2 aromatic rings. The van der Waals surface area contributed by atoms with Gasteiger partial charge in [-0.3, -0.25) is 11.3 Å². The van der Waals surface area contributed by atoms with Crippen LogP contribution in [0.1, 0.15) is 29.2 Å². The lowest BCUT2D eigenvalue weighted by molar-refractivity contribution is 0.485. The molecule has 1 atom stereocenters. The van der Waals surface area contributed by atoms with Crippen LogP contribution in [0.5, 0.6) is 0 Å². The summed E-state index contributed by atoms with van der Waals surface area (Å²) < 4.78 is 13.7. The minimum atomic E-state index is -0.213. The van der Waals surface area contributed by atoms with Crippen LogP contribution in [-0.4, -0.2) is 0 Å². The van der Waals surface area contributed by atoms with Crippen molar-refractivity contribution in [1.82, 2.24) is 5.43 Å². The Morgan fingerprint density at radius 2 is 1.95 bits per heavy atom. The van der Waals surface area contributed by atoms with E-state index in [0.29, 0.717) is 5.56 Å². The molecule has 2 aromatic carbocycles. The van der Waals surface area contributed by atoms with Crippen molar-refractivity contribution in [3.05, 3.63) is 71.0 Å². The fourth-order valence-corrected chi connectivity index (χ4v) is 2.26. The standard InChI is InChI=1S/C16H19FN2/c1-12-5-4-6-13(11-12)9-10-16(19-18)14-7-2-3-8-15(14)17/h2-8,11,16,19H,9-10,18H2,1H3. The predicted molar refractivity (Wildman–Crippen MR) is 76.0 cm³/mol. The van der Waals surface area contributed by atoms with Crippen LogP contribution in [0.25, 0.3) is 0 Å². The Bertz CT molecular complexity index is 540. The Balaban J connectivity index is 2.06. The Morgan fingerprint density at radius 3 is 2.63 bits per heavy atom. The molecular formula is C16H19FN2. The van der Waals surface area contributed by atoms with Gasteiger partial charge in [0, 0.05) is 11.6 Å². The highest BCUT2D eigenvalue weighted by Gasteiger charge is 2.13. The first kappa shape index (κ1) is 13.7. The van der Waals surface area contributed by atoms with Crippen LogP contribution in [0.15, 0.2) is 48.5 Å². The molecule has 0 saturated heterocycles. The first-order valence-corrected chi connectivity index (χ1v) is 6.47. The highest BCUT2D eigenvalue weighted by molar-refractivity contribution is 5.24. The van der Waals surface area contributed by atoms with E-state index >= 15 is 0 Å². The van der Waals surface area contributed by atoms with E-state index in [4.69, 9.17) is 5.84 Å². The molecule has 0 fully saturated rings. The lowest BCUT2D eigenvalue weighted by atomic mass is 9.98. The highest BCUT2D eigenvalue weighted by Crippen LogP contribution is 2.21. The molecule has 0 saturated carbocycles. The van der Waals surface area contributed by atoms with Gasteiger partial charge < -0.3 is 0 Å². The topological polar surface area (TPSA) is 38.0 Å². The molecule has 3 heteroatoms. The summed E-state index contributed by atoms with van der Waals surface area (Å²) in [4.78, 5) is 0. The highest BCUT2D eigenvalue weighted by atomic mass is 19.1. The first-order valence-electron chi connectivity index (χ1n) is 6.47. The third-order valence-corrected chi connectivity index (χ3v) is 3.29. The average Bonchev–Trinajstić information content (AvgIpc) is 2.41. The van der Waals surface area contributed by atoms with E-state index < -0.39 is 0 Å². The van der Waals surface area contributed by atoms with Crippen molar-refractivity contribution < 1.29 is 4.39 Å². The summed E-state index contributed by atoms with van der Waals surface area (Å²) in [7, 11) is 0. The summed E-state index contributed by atoms with van der Waals surface area (Å²) in [6, 6.07) is 14.9. The van der Waals surface area contributed by atoms with E-state index in [2.05, 4.69) is 30.5 Å². The van der Waals surface area contributed by atoms with Gasteiger partial charge in [-0.15, -0.1) is 0 Å². The van der Waals surface area contributed by atoms with E-state index in [0.717, 1.165) is 12.8 Å². The zero-order chi connectivity index (χ0) is 13.7. The molecule has 3 N–H and O–H groups in total. The Morgan fingerprint density at radius 1 is 1.16 bits per heavy atom. The van der Waals surface area contributed by atoms with Gasteiger partial charge in [0.25, 0.3) is 0 Å². The van der Waals surface area contributed by atoms with Crippen molar-refractivity contribution >= 4 is 0 Å². The quantitative estimate of drug-likeness (QED) is 0.638. The molecule has 0 bridgehead atoms. The number of halogens is 1. The van der Waals surface area contributed by atoms with Gasteiger partial charge in [0.1, 0.15) is 5.82 Å². The van der Waals surface area contributed by atoms with Crippen molar-refractivity contribution in [2.45, 2.75) is 25.8 Å². The number of hydrogen-bond donors (Lipinski definition) is 2. The van der Waals surface area contributed by atoms with E-state index in [1.54, 1.807) is 12.1 Å². The monoisotopic (exact) mass is 258 g/mol. The van der Waals surface area contributed by atoms with Crippen LogP contribution >= 0.6 is 0 Å². The summed E-state index contributed by atoms with van der Waals surface area (Å²) in [6.07, 6.45) is 1.63. The summed E-state index contributed by atoms with van der Waals surface area (Å²) in [5.41, 5.74) is 5.81. The second-order valence-corrected chi connectivity index (χ2v) is 4.77. The van der Waals surface area contributed by atoms with Gasteiger partial charge >= 0.3 is 0 Å². The SMILES string of the molecule is Cc1cccc(CCC(NN)c2ccccc2F)c1. The number of hydrogen-bond acceptors (Lipinski definition) is 2. The van der Waals surface area contributed by atoms with Crippen LogP contribution in [0.2, 0.25) is 0 Å². The fourth-order valence-electron chi connectivity index (χ4n) is 2.26. The lowest BCUT2D eigenvalue weighted by Gasteiger charge is -2.17. The summed E-state index contributed by atoms with van der Waals surface area (Å²) in [5.74, 6) is 5.34.